The highest BCUT2D eigenvalue weighted by Gasteiger charge is 2.17. The summed E-state index contributed by atoms with van der Waals surface area (Å²) in [6, 6.07) is 3.93. The molecule has 2 rings (SSSR count). The number of aliphatic hydroxyl groups excluding tert-OH is 1. The van der Waals surface area contributed by atoms with Gasteiger partial charge >= 0.3 is 0 Å². The van der Waals surface area contributed by atoms with E-state index in [1.54, 1.807) is 18.2 Å². The van der Waals surface area contributed by atoms with E-state index in [-0.39, 0.29) is 40.9 Å². The van der Waals surface area contributed by atoms with Crippen molar-refractivity contribution in [3.05, 3.63) is 47.7 Å². The SMILES string of the molecule is CC.O=C(CC1C=CC(O)=CC1)c1ccc(O)cc1O. The molecule has 0 heterocycles. The first-order chi connectivity index (χ1) is 9.56. The van der Waals surface area contributed by atoms with Gasteiger partial charge in [-0.15, -0.1) is 0 Å². The van der Waals surface area contributed by atoms with Gasteiger partial charge in [-0.05, 0) is 36.6 Å². The van der Waals surface area contributed by atoms with Crippen LogP contribution in [0.3, 0.4) is 0 Å². The molecule has 20 heavy (non-hydrogen) atoms. The fourth-order valence-electron chi connectivity index (χ4n) is 1.91. The molecular formula is C16H20O4. The van der Waals surface area contributed by atoms with Crippen molar-refractivity contribution in [1.82, 2.24) is 0 Å². The monoisotopic (exact) mass is 276 g/mol. The molecule has 1 unspecified atom stereocenters. The summed E-state index contributed by atoms with van der Waals surface area (Å²) in [7, 11) is 0. The average Bonchev–Trinajstić information content (AvgIpc) is 2.43. The quantitative estimate of drug-likeness (QED) is 0.735. The third-order valence-electron chi connectivity index (χ3n) is 2.90. The first-order valence-electron chi connectivity index (χ1n) is 6.69. The molecule has 1 aromatic carbocycles. The lowest BCUT2D eigenvalue weighted by Gasteiger charge is -2.13. The Balaban J connectivity index is 0.000000956. The summed E-state index contributed by atoms with van der Waals surface area (Å²) in [5, 5.41) is 27.9. The number of hydrogen-bond donors (Lipinski definition) is 3. The van der Waals surface area contributed by atoms with Gasteiger partial charge in [0.25, 0.3) is 0 Å². The molecule has 0 saturated carbocycles. The second kappa shape index (κ2) is 7.38. The Bertz CT molecular complexity index is 529. The van der Waals surface area contributed by atoms with Gasteiger partial charge in [-0.25, -0.2) is 0 Å². The first-order valence-corrected chi connectivity index (χ1v) is 6.69. The third-order valence-corrected chi connectivity index (χ3v) is 2.90. The topological polar surface area (TPSA) is 77.8 Å². The van der Waals surface area contributed by atoms with Crippen LogP contribution in [0.4, 0.5) is 0 Å². The number of aliphatic hydroxyl groups is 1. The molecule has 1 atom stereocenters. The standard InChI is InChI=1S/C14H14O4.C2H6/c15-10-3-1-9(2-4-10)7-13(17)12-6-5-11(16)8-14(12)18;1-2/h1,3-6,8-9,15-16,18H,2,7H2;1-2H3. The van der Waals surface area contributed by atoms with E-state index in [1.165, 1.54) is 12.1 Å². The minimum absolute atomic E-state index is 0.0293. The lowest BCUT2D eigenvalue weighted by molar-refractivity contribution is 0.0966. The zero-order chi connectivity index (χ0) is 15.1. The minimum Gasteiger partial charge on any atom is -0.508 e. The number of phenolic OH excluding ortho intramolecular Hbond substituents is 2. The fourth-order valence-corrected chi connectivity index (χ4v) is 1.91. The van der Waals surface area contributed by atoms with Crippen LogP contribution in [0.25, 0.3) is 0 Å². The van der Waals surface area contributed by atoms with Gasteiger partial charge in [0.05, 0.1) is 5.56 Å². The predicted molar refractivity (Wildman–Crippen MR) is 78.0 cm³/mol. The van der Waals surface area contributed by atoms with Gasteiger partial charge in [0, 0.05) is 12.5 Å². The van der Waals surface area contributed by atoms with E-state index in [2.05, 4.69) is 0 Å². The minimum atomic E-state index is -0.210. The van der Waals surface area contributed by atoms with Gasteiger partial charge in [-0.3, -0.25) is 4.79 Å². The van der Waals surface area contributed by atoms with E-state index in [1.807, 2.05) is 13.8 Å². The fraction of sp³-hybridized carbons (Fsp3) is 0.312. The Hall–Kier alpha value is -2.23. The number of allylic oxidation sites excluding steroid dienone is 3. The number of phenols is 2. The molecule has 0 fully saturated rings. The van der Waals surface area contributed by atoms with E-state index in [4.69, 9.17) is 5.11 Å². The number of ketones is 1. The van der Waals surface area contributed by atoms with E-state index < -0.39 is 0 Å². The summed E-state index contributed by atoms with van der Waals surface area (Å²) in [6.07, 6.45) is 5.88. The zero-order valence-corrected chi connectivity index (χ0v) is 11.7. The molecule has 0 bridgehead atoms. The van der Waals surface area contributed by atoms with Gasteiger partial charge in [-0.1, -0.05) is 19.9 Å². The molecule has 0 amide bonds. The average molecular weight is 276 g/mol. The number of hydrogen-bond acceptors (Lipinski definition) is 4. The summed E-state index contributed by atoms with van der Waals surface area (Å²) >= 11 is 0. The molecule has 0 saturated heterocycles. The van der Waals surface area contributed by atoms with Crippen molar-refractivity contribution in [1.29, 1.82) is 0 Å². The van der Waals surface area contributed by atoms with Crippen molar-refractivity contribution in [3.8, 4) is 11.5 Å². The molecule has 0 aliphatic heterocycles. The van der Waals surface area contributed by atoms with Crippen molar-refractivity contribution in [2.24, 2.45) is 5.92 Å². The maximum Gasteiger partial charge on any atom is 0.167 e. The number of benzene rings is 1. The molecule has 1 aliphatic carbocycles. The van der Waals surface area contributed by atoms with Gasteiger partial charge in [0.1, 0.15) is 17.3 Å². The normalized spacial score (nSPS) is 16.9. The molecule has 3 N–H and O–H groups in total. The van der Waals surface area contributed by atoms with Crippen LogP contribution in [0, 0.1) is 5.92 Å². The molecule has 0 radical (unpaired) electrons. The Morgan fingerprint density at radius 2 is 1.95 bits per heavy atom. The molecule has 1 aliphatic rings. The Morgan fingerprint density at radius 3 is 2.50 bits per heavy atom. The predicted octanol–water partition coefficient (Wildman–Crippen LogP) is 3.71. The summed E-state index contributed by atoms with van der Waals surface area (Å²) < 4.78 is 0. The van der Waals surface area contributed by atoms with Crippen LogP contribution in [-0.4, -0.2) is 21.1 Å². The van der Waals surface area contributed by atoms with E-state index >= 15 is 0 Å². The summed E-state index contributed by atoms with van der Waals surface area (Å²) in [6.45, 7) is 4.00. The van der Waals surface area contributed by atoms with E-state index in [0.29, 0.717) is 6.42 Å². The molecule has 4 nitrogen and oxygen atoms in total. The number of Topliss-reactive ketones (excluding diaryl/α,β-unsaturated/α-hetero) is 1. The second-order valence-electron chi connectivity index (χ2n) is 4.31. The number of carbonyl (C=O) groups excluding carboxylic acids is 1. The van der Waals surface area contributed by atoms with Crippen LogP contribution in [0.1, 0.15) is 37.0 Å². The molecule has 108 valence electrons. The summed E-state index contributed by atoms with van der Waals surface area (Å²) in [4.78, 5) is 12.0. The van der Waals surface area contributed by atoms with Crippen molar-refractivity contribution in [2.75, 3.05) is 0 Å². The highest BCUT2D eigenvalue weighted by Crippen LogP contribution is 2.26. The largest absolute Gasteiger partial charge is 0.508 e. The molecule has 1 aromatic rings. The zero-order valence-electron chi connectivity index (χ0n) is 11.7. The highest BCUT2D eigenvalue weighted by molar-refractivity contribution is 5.99. The van der Waals surface area contributed by atoms with Gasteiger partial charge in [0.15, 0.2) is 5.78 Å². The smallest absolute Gasteiger partial charge is 0.167 e. The van der Waals surface area contributed by atoms with Crippen LogP contribution in [0.5, 0.6) is 11.5 Å². The van der Waals surface area contributed by atoms with E-state index in [0.717, 1.165) is 6.07 Å². The van der Waals surface area contributed by atoms with Gasteiger partial charge in [-0.2, -0.15) is 0 Å². The second-order valence-corrected chi connectivity index (χ2v) is 4.31. The maximum absolute atomic E-state index is 12.0. The Morgan fingerprint density at radius 1 is 1.25 bits per heavy atom. The van der Waals surface area contributed by atoms with Crippen LogP contribution >= 0.6 is 0 Å². The van der Waals surface area contributed by atoms with Gasteiger partial charge < -0.3 is 15.3 Å². The molecule has 4 heteroatoms. The van der Waals surface area contributed by atoms with Crippen molar-refractivity contribution in [2.45, 2.75) is 26.7 Å². The van der Waals surface area contributed by atoms with E-state index in [9.17, 15) is 15.0 Å². The van der Waals surface area contributed by atoms with Crippen molar-refractivity contribution in [3.63, 3.8) is 0 Å². The Kier molecular flexibility index (Phi) is 5.84. The number of aromatic hydroxyl groups is 2. The van der Waals surface area contributed by atoms with Crippen LogP contribution < -0.4 is 0 Å². The lowest BCUT2D eigenvalue weighted by atomic mass is 9.92. The lowest BCUT2D eigenvalue weighted by Crippen LogP contribution is -2.08. The summed E-state index contributed by atoms with van der Waals surface area (Å²) in [5.74, 6) is -0.225. The first kappa shape index (κ1) is 15.8. The summed E-state index contributed by atoms with van der Waals surface area (Å²) in [5.41, 5.74) is 0.208. The molecule has 0 aromatic heterocycles. The number of rotatable bonds is 3. The maximum atomic E-state index is 12.0. The number of carbonyl (C=O) groups is 1. The molecular weight excluding hydrogens is 256 g/mol. The van der Waals surface area contributed by atoms with Gasteiger partial charge in [0.2, 0.25) is 0 Å². The van der Waals surface area contributed by atoms with Crippen LogP contribution in [-0.2, 0) is 0 Å². The highest BCUT2D eigenvalue weighted by atomic mass is 16.3. The Labute approximate surface area is 118 Å². The van der Waals surface area contributed by atoms with Crippen LogP contribution in [0.15, 0.2) is 42.2 Å². The third kappa shape index (κ3) is 4.16. The van der Waals surface area contributed by atoms with Crippen LogP contribution in [0.2, 0.25) is 0 Å². The molecule has 0 spiro atoms. The van der Waals surface area contributed by atoms with Crippen molar-refractivity contribution >= 4 is 5.78 Å². The van der Waals surface area contributed by atoms with Crippen molar-refractivity contribution < 1.29 is 20.1 Å².